The normalized spacial score (nSPS) is 26.7. The van der Waals surface area contributed by atoms with Gasteiger partial charge in [-0.15, -0.1) is 0 Å². The summed E-state index contributed by atoms with van der Waals surface area (Å²) in [5.74, 6) is 0.463. The van der Waals surface area contributed by atoms with Crippen LogP contribution in [0.5, 0.6) is 5.75 Å². The number of carboxylic acid groups (broad SMARTS) is 1. The predicted molar refractivity (Wildman–Crippen MR) is 70.5 cm³/mol. The van der Waals surface area contributed by atoms with Crippen molar-refractivity contribution in [2.45, 2.75) is 12.0 Å². The number of nitrogens with zero attached hydrogens (tertiary/aromatic N) is 1. The third-order valence-electron chi connectivity index (χ3n) is 3.89. The lowest BCUT2D eigenvalue weighted by Gasteiger charge is -2.34. The molecule has 0 aromatic heterocycles. The Morgan fingerprint density at radius 1 is 1.47 bits per heavy atom. The first kappa shape index (κ1) is 12.4. The van der Waals surface area contributed by atoms with Crippen LogP contribution < -0.4 is 10.1 Å². The molecular weight excluding hydrogens is 244 g/mol. The van der Waals surface area contributed by atoms with Crippen molar-refractivity contribution in [3.63, 3.8) is 0 Å². The molecule has 0 saturated carbocycles. The third-order valence-corrected chi connectivity index (χ3v) is 3.89. The van der Waals surface area contributed by atoms with Crippen molar-refractivity contribution < 1.29 is 14.6 Å². The molecule has 102 valence electrons. The topological polar surface area (TPSA) is 61.8 Å². The number of benzene rings is 1. The number of rotatable bonds is 3. The molecule has 3 rings (SSSR count). The maximum atomic E-state index is 11.3. The highest BCUT2D eigenvalue weighted by atomic mass is 16.5. The van der Waals surface area contributed by atoms with Crippen molar-refractivity contribution in [2.24, 2.45) is 0 Å². The molecule has 1 saturated heterocycles. The summed E-state index contributed by atoms with van der Waals surface area (Å²) in [6, 6.07) is 7.59. The minimum atomic E-state index is -0.751. The number of nitrogens with one attached hydrogen (secondary N) is 1. The summed E-state index contributed by atoms with van der Waals surface area (Å²) in [6.07, 6.45) is 0. The quantitative estimate of drug-likeness (QED) is 0.831. The number of hydrogen-bond donors (Lipinski definition) is 2. The van der Waals surface area contributed by atoms with Gasteiger partial charge >= 0.3 is 5.97 Å². The predicted octanol–water partition coefficient (Wildman–Crippen LogP) is 0.521. The van der Waals surface area contributed by atoms with E-state index in [1.807, 2.05) is 18.2 Å². The van der Waals surface area contributed by atoms with Crippen LogP contribution in [0.25, 0.3) is 0 Å². The summed E-state index contributed by atoms with van der Waals surface area (Å²) in [7, 11) is 0. The second kappa shape index (κ2) is 5.19. The van der Waals surface area contributed by atoms with Gasteiger partial charge in [0.1, 0.15) is 11.8 Å². The van der Waals surface area contributed by atoms with Gasteiger partial charge in [0.05, 0.1) is 6.61 Å². The van der Waals surface area contributed by atoms with Gasteiger partial charge in [-0.3, -0.25) is 9.69 Å². The SMILES string of the molecule is O=C(O)C1CNCCN1CC1COc2ccccc21. The van der Waals surface area contributed by atoms with Crippen LogP contribution in [-0.2, 0) is 4.79 Å². The number of para-hydroxylation sites is 1. The summed E-state index contributed by atoms with van der Waals surface area (Å²) < 4.78 is 5.66. The molecule has 1 aromatic rings. The Balaban J connectivity index is 1.73. The van der Waals surface area contributed by atoms with E-state index in [1.165, 1.54) is 5.56 Å². The first-order valence-electron chi connectivity index (χ1n) is 6.65. The van der Waals surface area contributed by atoms with E-state index in [1.54, 1.807) is 0 Å². The zero-order chi connectivity index (χ0) is 13.2. The van der Waals surface area contributed by atoms with Crippen LogP contribution in [0.1, 0.15) is 11.5 Å². The van der Waals surface area contributed by atoms with Gasteiger partial charge in [-0.25, -0.2) is 0 Å². The highest BCUT2D eigenvalue weighted by molar-refractivity contribution is 5.74. The lowest BCUT2D eigenvalue weighted by Crippen LogP contribution is -2.55. The van der Waals surface area contributed by atoms with Crippen LogP contribution in [-0.4, -0.2) is 54.8 Å². The minimum Gasteiger partial charge on any atom is -0.493 e. The summed E-state index contributed by atoms with van der Waals surface area (Å²) in [5.41, 5.74) is 1.20. The average Bonchev–Trinajstić information content (AvgIpc) is 2.83. The Bertz CT molecular complexity index is 478. The van der Waals surface area contributed by atoms with E-state index in [0.717, 1.165) is 25.4 Å². The highest BCUT2D eigenvalue weighted by Crippen LogP contribution is 2.34. The van der Waals surface area contributed by atoms with Crippen LogP contribution in [0.2, 0.25) is 0 Å². The van der Waals surface area contributed by atoms with E-state index in [-0.39, 0.29) is 5.92 Å². The van der Waals surface area contributed by atoms with Gasteiger partial charge in [0.15, 0.2) is 0 Å². The van der Waals surface area contributed by atoms with Gasteiger partial charge in [0.25, 0.3) is 0 Å². The molecule has 0 amide bonds. The fourth-order valence-electron chi connectivity index (χ4n) is 2.87. The maximum Gasteiger partial charge on any atom is 0.322 e. The van der Waals surface area contributed by atoms with Crippen molar-refractivity contribution in [1.29, 1.82) is 0 Å². The zero-order valence-corrected chi connectivity index (χ0v) is 10.7. The molecule has 0 radical (unpaired) electrons. The van der Waals surface area contributed by atoms with E-state index in [2.05, 4.69) is 16.3 Å². The van der Waals surface area contributed by atoms with Gasteiger partial charge < -0.3 is 15.2 Å². The Labute approximate surface area is 112 Å². The standard InChI is InChI=1S/C14H18N2O3/c17-14(18)12-7-15-5-6-16(12)8-10-9-19-13-4-2-1-3-11(10)13/h1-4,10,12,15H,5-9H2,(H,17,18). The number of hydrogen-bond acceptors (Lipinski definition) is 4. The van der Waals surface area contributed by atoms with Crippen LogP contribution >= 0.6 is 0 Å². The van der Waals surface area contributed by atoms with Crippen molar-refractivity contribution in [3.05, 3.63) is 29.8 Å². The van der Waals surface area contributed by atoms with Crippen LogP contribution in [0.3, 0.4) is 0 Å². The molecule has 2 unspecified atom stereocenters. The molecule has 2 heterocycles. The number of ether oxygens (including phenoxy) is 1. The Morgan fingerprint density at radius 3 is 3.16 bits per heavy atom. The highest BCUT2D eigenvalue weighted by Gasteiger charge is 2.33. The molecular formula is C14H18N2O3. The molecule has 0 aliphatic carbocycles. The Kier molecular flexibility index (Phi) is 3.40. The summed E-state index contributed by atoms with van der Waals surface area (Å²) in [5, 5.41) is 12.4. The molecule has 0 spiro atoms. The number of fused-ring (bicyclic) bond motifs is 1. The molecule has 1 fully saturated rings. The number of piperazine rings is 1. The fraction of sp³-hybridized carbons (Fsp3) is 0.500. The molecule has 2 aliphatic rings. The van der Waals surface area contributed by atoms with Crippen LogP contribution in [0.4, 0.5) is 0 Å². The van der Waals surface area contributed by atoms with E-state index in [9.17, 15) is 9.90 Å². The third kappa shape index (κ3) is 2.43. The molecule has 2 N–H and O–H groups in total. The van der Waals surface area contributed by atoms with E-state index >= 15 is 0 Å². The molecule has 5 heteroatoms. The number of carboxylic acids is 1. The molecule has 2 atom stereocenters. The van der Waals surface area contributed by atoms with Gasteiger partial charge in [0.2, 0.25) is 0 Å². The van der Waals surface area contributed by atoms with Crippen molar-refractivity contribution in [1.82, 2.24) is 10.2 Å². The molecule has 0 bridgehead atoms. The maximum absolute atomic E-state index is 11.3. The largest absolute Gasteiger partial charge is 0.493 e. The number of aliphatic carboxylic acids is 1. The lowest BCUT2D eigenvalue weighted by molar-refractivity contribution is -0.144. The minimum absolute atomic E-state index is 0.274. The molecule has 2 aliphatic heterocycles. The smallest absolute Gasteiger partial charge is 0.322 e. The zero-order valence-electron chi connectivity index (χ0n) is 10.7. The van der Waals surface area contributed by atoms with Gasteiger partial charge in [0, 0.05) is 37.7 Å². The monoisotopic (exact) mass is 262 g/mol. The fourth-order valence-corrected chi connectivity index (χ4v) is 2.87. The van der Waals surface area contributed by atoms with Gasteiger partial charge in [-0.05, 0) is 6.07 Å². The second-order valence-electron chi connectivity index (χ2n) is 5.10. The van der Waals surface area contributed by atoms with Crippen LogP contribution in [0.15, 0.2) is 24.3 Å². The van der Waals surface area contributed by atoms with E-state index in [0.29, 0.717) is 13.2 Å². The Hall–Kier alpha value is -1.59. The first-order chi connectivity index (χ1) is 9.25. The van der Waals surface area contributed by atoms with Crippen LogP contribution in [0, 0.1) is 0 Å². The summed E-state index contributed by atoms with van der Waals surface area (Å²) in [6.45, 7) is 3.53. The van der Waals surface area contributed by atoms with Crippen molar-refractivity contribution in [3.8, 4) is 5.75 Å². The average molecular weight is 262 g/mol. The molecule has 5 nitrogen and oxygen atoms in total. The molecule has 19 heavy (non-hydrogen) atoms. The van der Waals surface area contributed by atoms with Gasteiger partial charge in [-0.1, -0.05) is 18.2 Å². The molecule has 1 aromatic carbocycles. The van der Waals surface area contributed by atoms with Crippen molar-refractivity contribution in [2.75, 3.05) is 32.8 Å². The first-order valence-corrected chi connectivity index (χ1v) is 6.65. The lowest BCUT2D eigenvalue weighted by atomic mass is 9.99. The van der Waals surface area contributed by atoms with E-state index < -0.39 is 12.0 Å². The van der Waals surface area contributed by atoms with Gasteiger partial charge in [-0.2, -0.15) is 0 Å². The second-order valence-corrected chi connectivity index (χ2v) is 5.10. The number of carbonyl (C=O) groups is 1. The van der Waals surface area contributed by atoms with Crippen molar-refractivity contribution >= 4 is 5.97 Å². The Morgan fingerprint density at radius 2 is 2.32 bits per heavy atom. The summed E-state index contributed by atoms with van der Waals surface area (Å²) >= 11 is 0. The summed E-state index contributed by atoms with van der Waals surface area (Å²) in [4.78, 5) is 13.3. The van der Waals surface area contributed by atoms with E-state index in [4.69, 9.17) is 4.74 Å².